The molecule has 10 heteroatoms. The highest BCUT2D eigenvalue weighted by Crippen LogP contribution is 2.50. The molecule has 0 saturated carbocycles. The first kappa shape index (κ1) is 28.7. The summed E-state index contributed by atoms with van der Waals surface area (Å²) in [4.78, 5) is 33.4. The van der Waals surface area contributed by atoms with Gasteiger partial charge in [-0.2, -0.15) is 5.10 Å². The van der Waals surface area contributed by atoms with Gasteiger partial charge in [0.2, 0.25) is 18.6 Å². The number of carbonyl (C=O) groups is 2. The summed E-state index contributed by atoms with van der Waals surface area (Å²) in [5.74, 6) is 1.63. The van der Waals surface area contributed by atoms with Crippen LogP contribution in [-0.2, 0) is 16.1 Å². The molecule has 2 aromatic heterocycles. The zero-order chi connectivity index (χ0) is 30.9. The maximum atomic E-state index is 14.1. The van der Waals surface area contributed by atoms with Crippen molar-refractivity contribution in [1.82, 2.24) is 20.1 Å². The summed E-state index contributed by atoms with van der Waals surface area (Å²) >= 11 is 1.52. The molecule has 0 radical (unpaired) electrons. The van der Waals surface area contributed by atoms with Crippen molar-refractivity contribution in [2.45, 2.75) is 25.6 Å². The average Bonchev–Trinajstić information content (AvgIpc) is 3.67. The third-order valence-electron chi connectivity index (χ3n) is 8.13. The summed E-state index contributed by atoms with van der Waals surface area (Å²) < 4.78 is 13.2. The van der Waals surface area contributed by atoms with Gasteiger partial charge in [-0.3, -0.25) is 19.5 Å². The van der Waals surface area contributed by atoms with Crippen molar-refractivity contribution in [2.24, 2.45) is 0 Å². The number of hydrogen-bond donors (Lipinski definition) is 1. The van der Waals surface area contributed by atoms with Crippen LogP contribution in [0.25, 0.3) is 16.9 Å². The zero-order valence-corrected chi connectivity index (χ0v) is 25.7. The van der Waals surface area contributed by atoms with Gasteiger partial charge in [0.1, 0.15) is 12.4 Å². The molecule has 1 N–H and O–H groups in total. The van der Waals surface area contributed by atoms with Gasteiger partial charge in [-0.15, -0.1) is 11.8 Å². The molecule has 226 valence electrons. The Kier molecular flexibility index (Phi) is 7.72. The van der Waals surface area contributed by atoms with Crippen LogP contribution < -0.4 is 19.7 Å². The molecule has 2 amide bonds. The summed E-state index contributed by atoms with van der Waals surface area (Å²) in [5, 5.41) is 7.88. The monoisotopic (exact) mass is 617 g/mol. The van der Waals surface area contributed by atoms with E-state index in [0.717, 1.165) is 44.9 Å². The van der Waals surface area contributed by atoms with Gasteiger partial charge in [-0.05, 0) is 60.9 Å². The van der Waals surface area contributed by atoms with Crippen LogP contribution in [-0.4, -0.2) is 45.7 Å². The van der Waals surface area contributed by atoms with E-state index in [0.29, 0.717) is 17.3 Å². The molecule has 7 rings (SSSR count). The molecule has 0 unspecified atom stereocenters. The average molecular weight is 618 g/mol. The zero-order valence-electron chi connectivity index (χ0n) is 24.9. The molecule has 0 spiro atoms. The normalized spacial score (nSPS) is 15.5. The van der Waals surface area contributed by atoms with E-state index in [9.17, 15) is 9.59 Å². The minimum atomic E-state index is -0.290. The lowest BCUT2D eigenvalue weighted by Crippen LogP contribution is -2.42. The Morgan fingerprint density at radius 2 is 1.80 bits per heavy atom. The molecule has 1 atom stereocenters. The number of amides is 2. The van der Waals surface area contributed by atoms with Crippen LogP contribution in [0.4, 0.5) is 5.82 Å². The number of hydrogen-bond acceptors (Lipinski definition) is 7. The molecule has 0 aliphatic carbocycles. The Labute approximate surface area is 265 Å². The number of carbonyl (C=O) groups excluding carboxylic acids is 2. The predicted molar refractivity (Wildman–Crippen MR) is 174 cm³/mol. The van der Waals surface area contributed by atoms with Crippen LogP contribution in [0, 0.1) is 13.8 Å². The van der Waals surface area contributed by atoms with E-state index in [2.05, 4.69) is 23.3 Å². The number of anilines is 1. The van der Waals surface area contributed by atoms with Gasteiger partial charge in [0.05, 0.1) is 34.6 Å². The number of ether oxygens (including phenoxy) is 2. The van der Waals surface area contributed by atoms with Crippen molar-refractivity contribution in [1.29, 1.82) is 0 Å². The topological polar surface area (TPSA) is 98.6 Å². The number of thioether (sulfide) groups is 1. The standard InChI is InChI=1S/C35H31N5O4S/c1-22-9-8-13-27(23(22)2)40-35-32(33(38-40)24-10-4-3-5-11-24)34(25-14-15-28-29(17-25)44-21-43-28)45-20-31(42)39(35)19-30(41)37-18-26-12-6-7-16-36-26/h3-17,34H,18-21H2,1-2H3,(H,37,41)/t34-/m0/s1. The second kappa shape index (κ2) is 12.1. The van der Waals surface area contributed by atoms with E-state index < -0.39 is 0 Å². The summed E-state index contributed by atoms with van der Waals surface area (Å²) in [6.07, 6.45) is 1.69. The maximum absolute atomic E-state index is 14.1. The summed E-state index contributed by atoms with van der Waals surface area (Å²) in [5.41, 5.74) is 7.18. The van der Waals surface area contributed by atoms with E-state index in [1.54, 1.807) is 11.1 Å². The summed E-state index contributed by atoms with van der Waals surface area (Å²) in [6, 6.07) is 27.5. The molecule has 9 nitrogen and oxygen atoms in total. The number of pyridine rings is 1. The molecule has 5 aromatic rings. The number of aromatic nitrogens is 3. The fraction of sp³-hybridized carbons (Fsp3) is 0.200. The van der Waals surface area contributed by atoms with Gasteiger partial charge in [-0.1, -0.05) is 54.6 Å². The number of fused-ring (bicyclic) bond motifs is 2. The Morgan fingerprint density at radius 1 is 0.978 bits per heavy atom. The first-order valence-electron chi connectivity index (χ1n) is 14.7. The Hall–Kier alpha value is -5.09. The lowest BCUT2D eigenvalue weighted by atomic mass is 9.99. The number of rotatable bonds is 7. The van der Waals surface area contributed by atoms with Crippen LogP contribution in [0.5, 0.6) is 11.5 Å². The van der Waals surface area contributed by atoms with Gasteiger partial charge in [-0.25, -0.2) is 4.68 Å². The van der Waals surface area contributed by atoms with Crippen molar-refractivity contribution in [3.05, 3.63) is 119 Å². The lowest BCUT2D eigenvalue weighted by molar-refractivity contribution is -0.123. The highest BCUT2D eigenvalue weighted by Gasteiger charge is 2.38. The highest BCUT2D eigenvalue weighted by molar-refractivity contribution is 8.00. The maximum Gasteiger partial charge on any atom is 0.240 e. The molecule has 3 aromatic carbocycles. The van der Waals surface area contributed by atoms with Crippen LogP contribution in [0.1, 0.15) is 33.2 Å². The highest BCUT2D eigenvalue weighted by atomic mass is 32.2. The second-order valence-corrected chi connectivity index (χ2v) is 12.1. The van der Waals surface area contributed by atoms with Crippen molar-refractivity contribution in [3.63, 3.8) is 0 Å². The summed E-state index contributed by atoms with van der Waals surface area (Å²) in [6.45, 7) is 4.36. The predicted octanol–water partition coefficient (Wildman–Crippen LogP) is 5.77. The lowest BCUT2D eigenvalue weighted by Gasteiger charge is -2.24. The van der Waals surface area contributed by atoms with Crippen LogP contribution in [0.2, 0.25) is 0 Å². The fourth-order valence-electron chi connectivity index (χ4n) is 5.69. The molecule has 2 aliphatic heterocycles. The van der Waals surface area contributed by atoms with Crippen LogP contribution in [0.15, 0.2) is 91.1 Å². The number of nitrogens with zero attached hydrogens (tertiary/aromatic N) is 4. The largest absolute Gasteiger partial charge is 0.454 e. The van der Waals surface area contributed by atoms with E-state index in [-0.39, 0.29) is 42.7 Å². The van der Waals surface area contributed by atoms with Gasteiger partial charge in [0.15, 0.2) is 11.5 Å². The van der Waals surface area contributed by atoms with Gasteiger partial charge >= 0.3 is 0 Å². The molecule has 0 saturated heterocycles. The molecule has 4 heterocycles. The SMILES string of the molecule is Cc1cccc(-n2nc(-c3ccccc3)c3c2N(CC(=O)NCc2ccccn2)C(=O)CS[C@H]3c2ccc3c(c2)OCO3)c1C. The van der Waals surface area contributed by atoms with Crippen molar-refractivity contribution in [2.75, 3.05) is 24.0 Å². The van der Waals surface area contributed by atoms with Gasteiger partial charge in [0, 0.05) is 17.3 Å². The van der Waals surface area contributed by atoms with E-state index in [1.807, 2.05) is 90.5 Å². The number of benzene rings is 3. The fourth-order valence-corrected chi connectivity index (χ4v) is 6.88. The van der Waals surface area contributed by atoms with Crippen LogP contribution in [0.3, 0.4) is 0 Å². The van der Waals surface area contributed by atoms with E-state index in [4.69, 9.17) is 14.6 Å². The third kappa shape index (κ3) is 5.53. The van der Waals surface area contributed by atoms with Crippen LogP contribution >= 0.6 is 11.8 Å². The third-order valence-corrected chi connectivity index (χ3v) is 9.39. The molecule has 2 aliphatic rings. The van der Waals surface area contributed by atoms with Crippen molar-refractivity contribution >= 4 is 29.4 Å². The molecular weight excluding hydrogens is 586 g/mol. The Bertz CT molecular complexity index is 1890. The minimum Gasteiger partial charge on any atom is -0.454 e. The van der Waals surface area contributed by atoms with Gasteiger partial charge in [0.25, 0.3) is 0 Å². The van der Waals surface area contributed by atoms with Gasteiger partial charge < -0.3 is 14.8 Å². The number of aryl methyl sites for hydroxylation is 1. The Balaban J connectivity index is 1.41. The minimum absolute atomic E-state index is 0.168. The van der Waals surface area contributed by atoms with Crippen molar-refractivity contribution in [3.8, 4) is 28.4 Å². The first-order valence-corrected chi connectivity index (χ1v) is 15.8. The molecular formula is C35H31N5O4S. The first-order chi connectivity index (χ1) is 22.0. The summed E-state index contributed by atoms with van der Waals surface area (Å²) in [7, 11) is 0. The smallest absolute Gasteiger partial charge is 0.240 e. The van der Waals surface area contributed by atoms with Crippen molar-refractivity contribution < 1.29 is 19.1 Å². The molecule has 0 fully saturated rings. The Morgan fingerprint density at radius 3 is 2.62 bits per heavy atom. The molecule has 45 heavy (non-hydrogen) atoms. The molecule has 0 bridgehead atoms. The number of nitrogens with one attached hydrogen (secondary N) is 1. The quantitative estimate of drug-likeness (QED) is 0.248. The second-order valence-electron chi connectivity index (χ2n) is 11.0. The van der Waals surface area contributed by atoms with E-state index >= 15 is 0 Å². The van der Waals surface area contributed by atoms with E-state index in [1.165, 1.54) is 11.8 Å².